The van der Waals surface area contributed by atoms with Gasteiger partial charge in [-0.2, -0.15) is 0 Å². The van der Waals surface area contributed by atoms with E-state index in [9.17, 15) is 93.3 Å². The second kappa shape index (κ2) is 50.5. The average Bonchev–Trinajstić information content (AvgIpc) is 2.15. The molecule has 39 nitrogen and oxygen atoms in total. The number of nitrogens with zero attached hydrogens (tertiary/aromatic N) is 11. The summed E-state index contributed by atoms with van der Waals surface area (Å²) in [5.41, 5.74) is 0. The van der Waals surface area contributed by atoms with Crippen LogP contribution in [0, 0.1) is 0 Å². The molecular weight excluding hydrogens is 1240 g/mol. The molecule has 39 heteroatoms. The van der Waals surface area contributed by atoms with Gasteiger partial charge in [-0.15, -0.1) is 0 Å². The van der Waals surface area contributed by atoms with E-state index in [4.69, 9.17) is 16.9 Å². The summed E-state index contributed by atoms with van der Waals surface area (Å²) in [6.07, 6.45) is 0.733. The highest BCUT2D eigenvalue weighted by Gasteiger charge is 2.24. The van der Waals surface area contributed by atoms with E-state index < -0.39 is 47.8 Å². The van der Waals surface area contributed by atoms with Gasteiger partial charge in [0.1, 0.15) is 0 Å². The Labute approximate surface area is 540 Å². The lowest BCUT2D eigenvalue weighted by atomic mass is 10.3. The Bertz CT molecular complexity index is 2190. The van der Waals surface area contributed by atoms with Crippen molar-refractivity contribution in [1.82, 2.24) is 75.2 Å². The van der Waals surface area contributed by atoms with Crippen LogP contribution in [0.3, 0.4) is 0 Å². The number of hydrogen-bond acceptors (Lipinski definition) is 31. The standard InChI is InChI=1S/C22H41N7O9.C18H34N6O8.C14H26N4O5/c23-38-13-1-2-18(30)24-3-4-25-19(31)14-26-5-7-27(15-20(32)33)9-11-29(17-22(36)37)12-10-28(8-6-26)16-21(34)35;19-32-10-1-20-15(25)11-21-2-4-22(12-16(26)27)6-8-24(14-18(30)31)9-7-23(5-3-21)13-17(28)29;1-2-15-12(19)9-16-3-5-17(10-13(20)21)7-8-18(6-4-16)11-14(22)23/h1-17,23H2,(H,24,30)(H,25,31)(H,32,33)(H,34,35)(H,36,37);1-14,19H2,(H,20,25)(H,26,27)(H,28,29)(H,30,31);2-11H2,1H3,(H,15,19)(H,20,21)(H,22,23)/p-4. The molecule has 0 radical (unpaired) electrons. The minimum Gasteiger partial charge on any atom is -0.549 e. The fourth-order valence-electron chi connectivity index (χ4n) is 9.61. The van der Waals surface area contributed by atoms with E-state index in [0.717, 1.165) is 0 Å². The van der Waals surface area contributed by atoms with E-state index in [-0.39, 0.29) is 174 Å². The number of nitrogens with one attached hydrogen (secondary N) is 4. The van der Waals surface area contributed by atoms with Crippen LogP contribution in [-0.4, -0.2) is 401 Å². The highest BCUT2D eigenvalue weighted by molar-refractivity contribution is 5.79. The van der Waals surface area contributed by atoms with E-state index in [2.05, 4.69) is 30.9 Å². The molecule has 0 spiro atoms. The van der Waals surface area contributed by atoms with Gasteiger partial charge in [-0.3, -0.25) is 92.3 Å². The van der Waals surface area contributed by atoms with Crippen molar-refractivity contribution in [2.24, 2.45) is 11.8 Å². The molecule has 4 amide bonds. The van der Waals surface area contributed by atoms with E-state index in [1.807, 2.05) is 16.7 Å². The number of carbonyl (C=O) groups is 12. The Balaban J connectivity index is 0.000000718. The van der Waals surface area contributed by atoms with E-state index >= 15 is 0 Å². The second-order valence-corrected chi connectivity index (χ2v) is 21.9. The number of hydrogen-bond donors (Lipinski definition) is 10. The van der Waals surface area contributed by atoms with Crippen LogP contribution in [0.15, 0.2) is 0 Å². The Kier molecular flexibility index (Phi) is 45.7. The average molecular weight is 1340 g/mol. The molecule has 0 aromatic rings. The number of nitrogens with two attached hydrogens (primary N) is 2. The van der Waals surface area contributed by atoms with Gasteiger partial charge >= 0.3 is 23.9 Å². The van der Waals surface area contributed by atoms with Crippen LogP contribution >= 0.6 is 0 Å². The van der Waals surface area contributed by atoms with Crippen molar-refractivity contribution in [2.75, 3.05) is 255 Å². The Hall–Kier alpha value is -6.96. The number of carbonyl (C=O) groups excluding carboxylic acids is 8. The van der Waals surface area contributed by atoms with Gasteiger partial charge in [0, 0.05) is 203 Å². The predicted octanol–water partition coefficient (Wildman–Crippen LogP) is -14.3. The van der Waals surface area contributed by atoms with Crippen molar-refractivity contribution < 1.29 is 108 Å². The van der Waals surface area contributed by atoms with Crippen LogP contribution in [0.5, 0.6) is 0 Å². The topological polar surface area (TPSA) is 532 Å². The van der Waals surface area contributed by atoms with Crippen LogP contribution < -0.4 is 53.5 Å². The molecule has 3 fully saturated rings. The van der Waals surface area contributed by atoms with Crippen molar-refractivity contribution in [2.45, 2.75) is 19.8 Å². The predicted molar refractivity (Wildman–Crippen MR) is 319 cm³/mol. The maximum atomic E-state index is 12.5. The first-order valence-electron chi connectivity index (χ1n) is 30.5. The number of carboxylic acid groups (broad SMARTS) is 8. The first-order valence-corrected chi connectivity index (χ1v) is 30.5. The number of amides is 4. The normalized spacial score (nSPS) is 18.0. The number of likely N-dealkylation sites (N-methyl/N-ethyl adjacent to an activating group) is 1. The maximum absolute atomic E-state index is 12.5. The summed E-state index contributed by atoms with van der Waals surface area (Å²) in [5, 5.41) is 91.6. The highest BCUT2D eigenvalue weighted by atomic mass is 16.6. The molecule has 93 heavy (non-hydrogen) atoms. The third-order valence-electron chi connectivity index (χ3n) is 14.4. The Morgan fingerprint density at radius 2 is 0.516 bits per heavy atom. The largest absolute Gasteiger partial charge is 0.549 e. The smallest absolute Gasteiger partial charge is 0.317 e. The van der Waals surface area contributed by atoms with Gasteiger partial charge in [0.25, 0.3) is 0 Å². The molecule has 0 saturated carbocycles. The van der Waals surface area contributed by atoms with Crippen LogP contribution in [0.1, 0.15) is 19.8 Å². The summed E-state index contributed by atoms with van der Waals surface area (Å²) in [7, 11) is 0. The molecule has 3 aliphatic heterocycles. The van der Waals surface area contributed by atoms with Gasteiger partial charge in [0.15, 0.2) is 0 Å². The molecule has 0 aromatic carbocycles. The lowest BCUT2D eigenvalue weighted by Crippen LogP contribution is -2.50. The van der Waals surface area contributed by atoms with Gasteiger partial charge in [-0.25, -0.2) is 11.8 Å². The second-order valence-electron chi connectivity index (χ2n) is 21.9. The summed E-state index contributed by atoms with van der Waals surface area (Å²) >= 11 is 0. The van der Waals surface area contributed by atoms with Crippen LogP contribution in [0.4, 0.5) is 0 Å². The number of rotatable bonds is 33. The summed E-state index contributed by atoms with van der Waals surface area (Å²) in [6.45, 7) is 9.48. The van der Waals surface area contributed by atoms with Gasteiger partial charge < -0.3 is 91.0 Å². The van der Waals surface area contributed by atoms with Crippen LogP contribution in [0.25, 0.3) is 0 Å². The summed E-state index contributed by atoms with van der Waals surface area (Å²) in [6, 6.07) is 0. The first kappa shape index (κ1) is 84.1. The van der Waals surface area contributed by atoms with Gasteiger partial charge in [-0.1, -0.05) is 0 Å². The quantitative estimate of drug-likeness (QED) is 0.0215. The summed E-state index contributed by atoms with van der Waals surface area (Å²) in [5.74, 6) is 0.0284. The molecule has 0 bridgehead atoms. The molecule has 3 heterocycles. The van der Waals surface area contributed by atoms with E-state index in [1.54, 1.807) is 44.1 Å². The fourth-order valence-corrected chi connectivity index (χ4v) is 9.61. The highest BCUT2D eigenvalue weighted by Crippen LogP contribution is 2.05. The van der Waals surface area contributed by atoms with Crippen molar-refractivity contribution in [3.63, 3.8) is 0 Å². The third kappa shape index (κ3) is 46.7. The lowest BCUT2D eigenvalue weighted by Gasteiger charge is -2.33. The molecule has 3 saturated heterocycles. The fraction of sp³-hybridized carbons (Fsp3) is 0.778. The van der Waals surface area contributed by atoms with Gasteiger partial charge in [0.2, 0.25) is 23.6 Å². The van der Waals surface area contributed by atoms with E-state index in [1.165, 1.54) is 0 Å². The molecule has 3 rings (SSSR count). The molecule has 12 N–H and O–H groups in total. The zero-order valence-electron chi connectivity index (χ0n) is 53.2. The SMILES string of the molecule is CCNC(=O)CN1CCN(CC(=O)[O-])CCN(CC(=O)[O-])CC1.NOCCCC(=O)NCCNC(=O)CN1CCN(CC(=O)[O-])CCN(CC(=O)O)CCN(CC(=O)O)CC1.NOCCNC(=O)CN1CCN(CC(=O)[O-])CCN(CC(=O)O)CCN(CC(=O)O)CC1. The molecule has 0 aromatic heterocycles. The minimum atomic E-state index is -1.27. The van der Waals surface area contributed by atoms with E-state index in [0.29, 0.717) is 118 Å². The lowest BCUT2D eigenvalue weighted by molar-refractivity contribution is -0.308. The van der Waals surface area contributed by atoms with Crippen LogP contribution in [0.2, 0.25) is 0 Å². The zero-order valence-corrected chi connectivity index (χ0v) is 53.2. The molecule has 0 aliphatic carbocycles. The molecule has 534 valence electrons. The number of carboxylic acids is 8. The van der Waals surface area contributed by atoms with Gasteiger partial charge in [-0.05, 0) is 13.3 Å². The Morgan fingerprint density at radius 1 is 0.312 bits per heavy atom. The van der Waals surface area contributed by atoms with Crippen LogP contribution in [-0.2, 0) is 67.2 Å². The molecule has 0 atom stereocenters. The molecule has 0 unspecified atom stereocenters. The van der Waals surface area contributed by atoms with Crippen molar-refractivity contribution in [3.05, 3.63) is 0 Å². The Morgan fingerprint density at radius 3 is 0.731 bits per heavy atom. The van der Waals surface area contributed by atoms with Crippen molar-refractivity contribution in [3.8, 4) is 0 Å². The van der Waals surface area contributed by atoms with Crippen molar-refractivity contribution in [1.29, 1.82) is 0 Å². The number of aliphatic carboxylic acids is 8. The van der Waals surface area contributed by atoms with Crippen molar-refractivity contribution >= 4 is 71.4 Å². The monoisotopic (exact) mass is 1340 g/mol. The summed E-state index contributed by atoms with van der Waals surface area (Å²) in [4.78, 5) is 165. The first-order chi connectivity index (χ1) is 44.2. The van der Waals surface area contributed by atoms with Gasteiger partial charge in [0.05, 0.1) is 82.9 Å². The summed E-state index contributed by atoms with van der Waals surface area (Å²) < 4.78 is 0. The molecule has 3 aliphatic rings. The zero-order chi connectivity index (χ0) is 69.5. The minimum absolute atomic E-state index is 0.00695. The third-order valence-corrected chi connectivity index (χ3v) is 14.4. The maximum Gasteiger partial charge on any atom is 0.317 e. The molecular formula is C54H97N17O22-4.